The lowest BCUT2D eigenvalue weighted by Gasteiger charge is -2.31. The standard InChI is InChI=1S/C12H14BrNO5S/c13-11-2-1-9(5-10(11)12(16)17)20(18,19)14-6-7-3-8(15)4-7/h1-2,5,7-8,14-15H,3-4,6H2,(H,16,17). The minimum absolute atomic E-state index is 0.0852. The molecule has 1 aliphatic carbocycles. The van der Waals surface area contributed by atoms with Crippen molar-refractivity contribution in [3.63, 3.8) is 0 Å². The van der Waals surface area contributed by atoms with E-state index in [-0.39, 0.29) is 29.0 Å². The fraction of sp³-hybridized carbons (Fsp3) is 0.417. The predicted molar refractivity (Wildman–Crippen MR) is 75.0 cm³/mol. The molecule has 0 radical (unpaired) electrons. The summed E-state index contributed by atoms with van der Waals surface area (Å²) in [6, 6.07) is 3.85. The molecule has 1 saturated carbocycles. The van der Waals surface area contributed by atoms with Gasteiger partial charge < -0.3 is 10.2 Å². The van der Waals surface area contributed by atoms with Crippen LogP contribution in [0.15, 0.2) is 27.6 Å². The van der Waals surface area contributed by atoms with Crippen LogP contribution < -0.4 is 4.72 Å². The summed E-state index contributed by atoms with van der Waals surface area (Å²) in [6.45, 7) is 0.248. The molecule has 3 N–H and O–H groups in total. The summed E-state index contributed by atoms with van der Waals surface area (Å²) in [5.41, 5.74) is -0.105. The monoisotopic (exact) mass is 363 g/mol. The number of nitrogens with one attached hydrogen (secondary N) is 1. The second-order valence-electron chi connectivity index (χ2n) is 4.79. The minimum atomic E-state index is -3.74. The van der Waals surface area contributed by atoms with Crippen LogP contribution in [-0.4, -0.2) is 37.2 Å². The predicted octanol–water partition coefficient (Wildman–Crippen LogP) is 1.20. The maximum atomic E-state index is 12.1. The lowest BCUT2D eigenvalue weighted by Crippen LogP contribution is -2.38. The van der Waals surface area contributed by atoms with Crippen molar-refractivity contribution >= 4 is 31.9 Å². The lowest BCUT2D eigenvalue weighted by atomic mass is 9.83. The fourth-order valence-corrected chi connectivity index (χ4v) is 3.57. The third kappa shape index (κ3) is 3.38. The second-order valence-corrected chi connectivity index (χ2v) is 7.41. The molecule has 20 heavy (non-hydrogen) atoms. The topological polar surface area (TPSA) is 104 Å². The van der Waals surface area contributed by atoms with Gasteiger partial charge in [-0.15, -0.1) is 0 Å². The van der Waals surface area contributed by atoms with E-state index in [4.69, 9.17) is 10.2 Å². The average molecular weight is 364 g/mol. The number of aromatic carboxylic acids is 1. The number of benzene rings is 1. The smallest absolute Gasteiger partial charge is 0.336 e. The minimum Gasteiger partial charge on any atom is -0.478 e. The summed E-state index contributed by atoms with van der Waals surface area (Å²) in [4.78, 5) is 10.9. The third-order valence-electron chi connectivity index (χ3n) is 3.25. The van der Waals surface area contributed by atoms with E-state index in [2.05, 4.69) is 20.7 Å². The van der Waals surface area contributed by atoms with Crippen molar-refractivity contribution in [1.29, 1.82) is 0 Å². The summed E-state index contributed by atoms with van der Waals surface area (Å²) in [5, 5.41) is 18.1. The largest absolute Gasteiger partial charge is 0.478 e. The normalized spacial score (nSPS) is 22.3. The van der Waals surface area contributed by atoms with E-state index in [9.17, 15) is 13.2 Å². The van der Waals surface area contributed by atoms with Gasteiger partial charge in [0.25, 0.3) is 0 Å². The maximum absolute atomic E-state index is 12.1. The molecule has 0 aliphatic heterocycles. The molecule has 0 amide bonds. The quantitative estimate of drug-likeness (QED) is 0.728. The molecule has 1 aromatic rings. The number of halogens is 1. The molecule has 0 aromatic heterocycles. The van der Waals surface area contributed by atoms with Crippen LogP contribution >= 0.6 is 15.9 Å². The van der Waals surface area contributed by atoms with Crippen molar-refractivity contribution in [1.82, 2.24) is 4.72 Å². The molecule has 1 aromatic carbocycles. The van der Waals surface area contributed by atoms with Gasteiger partial charge in [-0.25, -0.2) is 17.9 Å². The number of aliphatic hydroxyl groups excluding tert-OH is 1. The second kappa shape index (κ2) is 5.80. The number of sulfonamides is 1. The van der Waals surface area contributed by atoms with Gasteiger partial charge in [0.1, 0.15) is 0 Å². The Hall–Kier alpha value is -0.960. The van der Waals surface area contributed by atoms with Gasteiger partial charge in [-0.3, -0.25) is 0 Å². The van der Waals surface area contributed by atoms with E-state index in [1.165, 1.54) is 12.1 Å². The molecule has 1 aliphatic rings. The van der Waals surface area contributed by atoms with Crippen LogP contribution in [-0.2, 0) is 10.0 Å². The Morgan fingerprint density at radius 2 is 2.05 bits per heavy atom. The Labute approximate surface area is 125 Å². The van der Waals surface area contributed by atoms with Gasteiger partial charge >= 0.3 is 5.97 Å². The van der Waals surface area contributed by atoms with Crippen LogP contribution in [0.25, 0.3) is 0 Å². The Kier molecular flexibility index (Phi) is 4.48. The number of carbonyl (C=O) groups is 1. The first-order chi connectivity index (χ1) is 9.29. The number of aliphatic hydroxyl groups is 1. The van der Waals surface area contributed by atoms with E-state index in [0.29, 0.717) is 17.3 Å². The van der Waals surface area contributed by atoms with Crippen LogP contribution in [0.4, 0.5) is 0 Å². The molecule has 2 rings (SSSR count). The summed E-state index contributed by atoms with van der Waals surface area (Å²) in [7, 11) is -3.74. The van der Waals surface area contributed by atoms with Crippen molar-refractivity contribution < 1.29 is 23.4 Å². The van der Waals surface area contributed by atoms with Crippen LogP contribution in [0.5, 0.6) is 0 Å². The van der Waals surface area contributed by atoms with E-state index >= 15 is 0 Å². The van der Waals surface area contributed by atoms with Crippen molar-refractivity contribution in [3.8, 4) is 0 Å². The number of hydrogen-bond acceptors (Lipinski definition) is 4. The Morgan fingerprint density at radius 1 is 1.40 bits per heavy atom. The van der Waals surface area contributed by atoms with Crippen LogP contribution in [0.2, 0.25) is 0 Å². The van der Waals surface area contributed by atoms with Crippen LogP contribution in [0.3, 0.4) is 0 Å². The fourth-order valence-electron chi connectivity index (χ4n) is 2.01. The number of carboxylic acid groups (broad SMARTS) is 1. The molecule has 110 valence electrons. The molecule has 6 nitrogen and oxygen atoms in total. The molecule has 0 unspecified atom stereocenters. The zero-order valence-corrected chi connectivity index (χ0v) is 12.8. The molecule has 0 spiro atoms. The Morgan fingerprint density at radius 3 is 2.60 bits per heavy atom. The summed E-state index contributed by atoms with van der Waals surface area (Å²) < 4.78 is 26.9. The highest BCUT2D eigenvalue weighted by molar-refractivity contribution is 9.10. The van der Waals surface area contributed by atoms with E-state index in [1.807, 2.05) is 0 Å². The third-order valence-corrected chi connectivity index (χ3v) is 5.36. The van der Waals surface area contributed by atoms with Gasteiger partial charge in [0.15, 0.2) is 0 Å². The number of hydrogen-bond donors (Lipinski definition) is 3. The molecule has 0 atom stereocenters. The summed E-state index contributed by atoms with van der Waals surface area (Å²) in [6.07, 6.45) is 0.836. The van der Waals surface area contributed by atoms with Gasteiger partial charge in [-0.2, -0.15) is 0 Å². The van der Waals surface area contributed by atoms with Gasteiger partial charge in [0.2, 0.25) is 10.0 Å². The highest BCUT2D eigenvalue weighted by Crippen LogP contribution is 2.27. The molecule has 0 bridgehead atoms. The van der Waals surface area contributed by atoms with Crippen molar-refractivity contribution in [2.75, 3.05) is 6.54 Å². The van der Waals surface area contributed by atoms with Crippen molar-refractivity contribution in [2.24, 2.45) is 5.92 Å². The molecular weight excluding hydrogens is 350 g/mol. The summed E-state index contributed by atoms with van der Waals surface area (Å²) >= 11 is 3.06. The van der Waals surface area contributed by atoms with Gasteiger partial charge in [0, 0.05) is 11.0 Å². The van der Waals surface area contributed by atoms with E-state index in [0.717, 1.165) is 6.07 Å². The Balaban J connectivity index is 2.12. The first kappa shape index (κ1) is 15.4. The molecule has 0 heterocycles. The van der Waals surface area contributed by atoms with Gasteiger partial charge in [0.05, 0.1) is 16.6 Å². The first-order valence-electron chi connectivity index (χ1n) is 6.00. The zero-order chi connectivity index (χ0) is 14.9. The summed E-state index contributed by atoms with van der Waals surface area (Å²) in [5.74, 6) is -1.06. The highest BCUT2D eigenvalue weighted by Gasteiger charge is 2.28. The van der Waals surface area contributed by atoms with Crippen molar-refractivity contribution in [3.05, 3.63) is 28.2 Å². The van der Waals surface area contributed by atoms with Crippen LogP contribution in [0, 0.1) is 5.92 Å². The maximum Gasteiger partial charge on any atom is 0.336 e. The van der Waals surface area contributed by atoms with Gasteiger partial charge in [-0.05, 0) is 52.9 Å². The number of rotatable bonds is 5. The number of carboxylic acids is 1. The first-order valence-corrected chi connectivity index (χ1v) is 8.28. The lowest BCUT2D eigenvalue weighted by molar-refractivity contribution is 0.0453. The SMILES string of the molecule is O=C(O)c1cc(S(=O)(=O)NCC2CC(O)C2)ccc1Br. The van der Waals surface area contributed by atoms with Crippen LogP contribution in [0.1, 0.15) is 23.2 Å². The zero-order valence-electron chi connectivity index (χ0n) is 10.4. The Bertz CT molecular complexity index is 625. The van der Waals surface area contributed by atoms with E-state index in [1.54, 1.807) is 0 Å². The molecule has 1 fully saturated rings. The van der Waals surface area contributed by atoms with E-state index < -0.39 is 16.0 Å². The average Bonchev–Trinajstić information content (AvgIpc) is 2.33. The molecule has 8 heteroatoms. The molecule has 0 saturated heterocycles. The van der Waals surface area contributed by atoms with Crippen molar-refractivity contribution in [2.45, 2.75) is 23.8 Å². The molecular formula is C12H14BrNO5S. The van der Waals surface area contributed by atoms with Gasteiger partial charge in [-0.1, -0.05) is 0 Å². The highest BCUT2D eigenvalue weighted by atomic mass is 79.9.